The van der Waals surface area contributed by atoms with E-state index in [-0.39, 0.29) is 5.56 Å². The van der Waals surface area contributed by atoms with Crippen LogP contribution in [-0.4, -0.2) is 9.97 Å². The minimum Gasteiger partial charge on any atom is -0.309 e. The largest absolute Gasteiger partial charge is 0.309 e. The second-order valence-corrected chi connectivity index (χ2v) is 3.88. The Morgan fingerprint density at radius 2 is 2.29 bits per heavy atom. The number of rotatable bonds is 1. The maximum Gasteiger partial charge on any atom is 0.258 e. The number of H-pyrrole nitrogens is 1. The lowest BCUT2D eigenvalue weighted by molar-refractivity contribution is 1.05. The summed E-state index contributed by atoms with van der Waals surface area (Å²) < 4.78 is 0.720. The molecule has 1 N–H and O–H groups in total. The maximum atomic E-state index is 11.6. The molecule has 1 aromatic heterocycles. The van der Waals surface area contributed by atoms with Crippen molar-refractivity contribution in [3.05, 3.63) is 39.9 Å². The van der Waals surface area contributed by atoms with Crippen LogP contribution in [0.5, 0.6) is 0 Å². The highest BCUT2D eigenvalue weighted by Crippen LogP contribution is 2.12. The third-order valence-corrected chi connectivity index (χ3v) is 2.84. The van der Waals surface area contributed by atoms with Gasteiger partial charge in [0.1, 0.15) is 5.82 Å². The number of para-hydroxylation sites is 1. The van der Waals surface area contributed by atoms with E-state index in [0.29, 0.717) is 5.39 Å². The first-order chi connectivity index (χ1) is 6.72. The van der Waals surface area contributed by atoms with Crippen LogP contribution in [0.4, 0.5) is 0 Å². The van der Waals surface area contributed by atoms with Crippen molar-refractivity contribution in [2.75, 3.05) is 0 Å². The fourth-order valence-electron chi connectivity index (χ4n) is 1.42. The van der Waals surface area contributed by atoms with E-state index in [0.717, 1.165) is 21.3 Å². The molecule has 14 heavy (non-hydrogen) atoms. The van der Waals surface area contributed by atoms with Crippen LogP contribution in [-0.2, 0) is 4.43 Å². The third-order valence-electron chi connectivity index (χ3n) is 2.11. The van der Waals surface area contributed by atoms with Crippen molar-refractivity contribution in [1.29, 1.82) is 0 Å². The maximum absolute atomic E-state index is 11.6. The predicted octanol–water partition coefficient (Wildman–Crippen LogP) is 2.17. The van der Waals surface area contributed by atoms with Gasteiger partial charge in [-0.15, -0.1) is 0 Å². The van der Waals surface area contributed by atoms with Gasteiger partial charge < -0.3 is 4.98 Å². The van der Waals surface area contributed by atoms with E-state index >= 15 is 0 Å². The summed E-state index contributed by atoms with van der Waals surface area (Å²) in [6.45, 7) is 1.96. The topological polar surface area (TPSA) is 45.8 Å². The smallest absolute Gasteiger partial charge is 0.258 e. The Bertz CT molecular complexity index is 533. The van der Waals surface area contributed by atoms with E-state index in [2.05, 4.69) is 32.6 Å². The van der Waals surface area contributed by atoms with E-state index in [1.807, 2.05) is 19.1 Å². The molecule has 3 nitrogen and oxygen atoms in total. The van der Waals surface area contributed by atoms with Crippen molar-refractivity contribution in [1.82, 2.24) is 9.97 Å². The van der Waals surface area contributed by atoms with Crippen LogP contribution in [0.2, 0.25) is 0 Å². The van der Waals surface area contributed by atoms with E-state index < -0.39 is 0 Å². The normalized spacial score (nSPS) is 10.7. The van der Waals surface area contributed by atoms with Crippen molar-refractivity contribution in [2.45, 2.75) is 11.4 Å². The number of aryl methyl sites for hydroxylation is 1. The van der Waals surface area contributed by atoms with Crippen molar-refractivity contribution in [2.24, 2.45) is 0 Å². The Morgan fingerprint density at radius 3 is 3.00 bits per heavy atom. The van der Waals surface area contributed by atoms with Gasteiger partial charge in [-0.2, -0.15) is 0 Å². The number of hydrogen-bond acceptors (Lipinski definition) is 2. The zero-order valence-electron chi connectivity index (χ0n) is 7.67. The number of nitrogens with zero attached hydrogens (tertiary/aromatic N) is 1. The summed E-state index contributed by atoms with van der Waals surface area (Å²) in [6.07, 6.45) is 0. The lowest BCUT2D eigenvalue weighted by Crippen LogP contribution is -2.11. The van der Waals surface area contributed by atoms with Gasteiger partial charge >= 0.3 is 0 Å². The first-order valence-corrected chi connectivity index (χ1v) is 5.79. The Labute approximate surface area is 94.7 Å². The van der Waals surface area contributed by atoms with Crippen LogP contribution in [0.1, 0.15) is 11.4 Å². The van der Waals surface area contributed by atoms with Crippen molar-refractivity contribution >= 4 is 33.5 Å². The molecule has 0 radical (unpaired) electrons. The van der Waals surface area contributed by atoms with Gasteiger partial charge in [0.2, 0.25) is 0 Å². The van der Waals surface area contributed by atoms with Crippen molar-refractivity contribution in [3.63, 3.8) is 0 Å². The van der Waals surface area contributed by atoms with Gasteiger partial charge in [0.25, 0.3) is 5.56 Å². The Kier molecular flexibility index (Phi) is 2.54. The second kappa shape index (κ2) is 3.68. The molecule has 0 spiro atoms. The number of aromatic nitrogens is 2. The van der Waals surface area contributed by atoms with Gasteiger partial charge in [0.05, 0.1) is 15.3 Å². The highest BCUT2D eigenvalue weighted by atomic mass is 127. The standard InChI is InChI=1S/C10H9IN2O/c1-6-3-2-4-7-9(6)12-8(5-11)13-10(7)14/h2-4H,5H2,1H3,(H,12,13,14). The minimum atomic E-state index is -0.0506. The molecular weight excluding hydrogens is 291 g/mol. The van der Waals surface area contributed by atoms with E-state index in [4.69, 9.17) is 0 Å². The molecule has 0 atom stereocenters. The SMILES string of the molecule is Cc1cccc2c(=O)[nH]c(CI)nc12. The Morgan fingerprint density at radius 1 is 1.50 bits per heavy atom. The molecule has 1 heterocycles. The Balaban J connectivity index is 2.91. The first-order valence-electron chi connectivity index (χ1n) is 4.27. The average molecular weight is 300 g/mol. The average Bonchev–Trinajstić information content (AvgIpc) is 2.19. The monoisotopic (exact) mass is 300 g/mol. The number of nitrogens with one attached hydrogen (secondary N) is 1. The van der Waals surface area contributed by atoms with Crippen LogP contribution in [0, 0.1) is 6.92 Å². The molecule has 4 heteroatoms. The molecule has 2 rings (SSSR count). The number of halogens is 1. The zero-order chi connectivity index (χ0) is 10.1. The van der Waals surface area contributed by atoms with Gasteiger partial charge in [0, 0.05) is 0 Å². The molecule has 2 aromatic rings. The molecular formula is C10H9IN2O. The second-order valence-electron chi connectivity index (χ2n) is 3.12. The molecule has 72 valence electrons. The summed E-state index contributed by atoms with van der Waals surface area (Å²) in [5.74, 6) is 0.734. The molecule has 0 saturated carbocycles. The molecule has 0 aliphatic heterocycles. The van der Waals surface area contributed by atoms with Gasteiger partial charge in [-0.3, -0.25) is 4.79 Å². The molecule has 0 aliphatic rings. The molecule has 0 aliphatic carbocycles. The number of fused-ring (bicyclic) bond motifs is 1. The van der Waals surface area contributed by atoms with Crippen LogP contribution < -0.4 is 5.56 Å². The summed E-state index contributed by atoms with van der Waals surface area (Å²) in [5, 5.41) is 0.665. The van der Waals surface area contributed by atoms with Gasteiger partial charge in [-0.25, -0.2) is 4.98 Å². The fourth-order valence-corrected chi connectivity index (χ4v) is 1.78. The summed E-state index contributed by atoms with van der Waals surface area (Å²) in [7, 11) is 0. The van der Waals surface area contributed by atoms with E-state index in [1.54, 1.807) is 6.07 Å². The molecule has 1 aromatic carbocycles. The minimum absolute atomic E-state index is 0.0506. The fraction of sp³-hybridized carbons (Fsp3) is 0.200. The summed E-state index contributed by atoms with van der Waals surface area (Å²) in [6, 6.07) is 5.63. The van der Waals surface area contributed by atoms with Crippen LogP contribution >= 0.6 is 22.6 Å². The number of alkyl halides is 1. The van der Waals surface area contributed by atoms with Crippen LogP contribution in [0.25, 0.3) is 10.9 Å². The van der Waals surface area contributed by atoms with Crippen molar-refractivity contribution in [3.8, 4) is 0 Å². The highest BCUT2D eigenvalue weighted by Gasteiger charge is 2.04. The number of hydrogen-bond donors (Lipinski definition) is 1. The predicted molar refractivity (Wildman–Crippen MR) is 64.8 cm³/mol. The lowest BCUT2D eigenvalue weighted by atomic mass is 10.1. The van der Waals surface area contributed by atoms with Gasteiger partial charge in [0.15, 0.2) is 0 Å². The summed E-state index contributed by atoms with van der Waals surface area (Å²) in [4.78, 5) is 18.8. The zero-order valence-corrected chi connectivity index (χ0v) is 9.83. The molecule has 0 unspecified atom stereocenters. The summed E-state index contributed by atoms with van der Waals surface area (Å²) >= 11 is 2.18. The lowest BCUT2D eigenvalue weighted by Gasteiger charge is -2.01. The first kappa shape index (κ1) is 9.64. The third kappa shape index (κ3) is 1.54. The molecule has 0 fully saturated rings. The molecule has 0 saturated heterocycles. The quantitative estimate of drug-likeness (QED) is 0.648. The highest BCUT2D eigenvalue weighted by molar-refractivity contribution is 14.1. The van der Waals surface area contributed by atoms with Crippen LogP contribution in [0.15, 0.2) is 23.0 Å². The van der Waals surface area contributed by atoms with Gasteiger partial charge in [-0.05, 0) is 18.6 Å². The van der Waals surface area contributed by atoms with Crippen molar-refractivity contribution < 1.29 is 0 Å². The summed E-state index contributed by atoms with van der Waals surface area (Å²) in [5.41, 5.74) is 1.80. The van der Waals surface area contributed by atoms with E-state index in [1.165, 1.54) is 0 Å². The Hall–Kier alpha value is -0.910. The van der Waals surface area contributed by atoms with Gasteiger partial charge in [-0.1, -0.05) is 34.7 Å². The number of benzene rings is 1. The molecule has 0 amide bonds. The number of aromatic amines is 1. The molecule has 0 bridgehead atoms. The van der Waals surface area contributed by atoms with Crippen LogP contribution in [0.3, 0.4) is 0 Å². The van der Waals surface area contributed by atoms with E-state index in [9.17, 15) is 4.79 Å².